The molecule has 0 aliphatic carbocycles. The number of nitrogens with zero attached hydrogens (tertiary/aromatic N) is 1. The maximum Gasteiger partial charge on any atom is 0.325 e. The molecule has 0 saturated heterocycles. The number of unbranched alkanes of at least 4 members (excludes halogenated alkanes) is 1. The van der Waals surface area contributed by atoms with Crippen LogP contribution in [-0.4, -0.2) is 23.7 Å². The van der Waals surface area contributed by atoms with Crippen molar-refractivity contribution in [3.05, 3.63) is 24.0 Å². The summed E-state index contributed by atoms with van der Waals surface area (Å²) in [5.74, 6) is -0.159. The van der Waals surface area contributed by atoms with Gasteiger partial charge >= 0.3 is 5.97 Å². The maximum atomic E-state index is 11.7. The molecule has 0 aromatic carbocycles. The van der Waals surface area contributed by atoms with Crippen molar-refractivity contribution in [1.82, 2.24) is 9.88 Å². The highest BCUT2D eigenvalue weighted by Gasteiger charge is 2.12. The van der Waals surface area contributed by atoms with Crippen LogP contribution < -0.4 is 5.32 Å². The molecule has 1 aromatic rings. The summed E-state index contributed by atoms with van der Waals surface area (Å²) in [6.07, 6.45) is 5.00. The molecule has 0 aliphatic rings. The first-order chi connectivity index (χ1) is 9.19. The first kappa shape index (κ1) is 15.8. The average molecular weight is 266 g/mol. The Hall–Kier alpha value is -1.29. The molecule has 0 fully saturated rings. The van der Waals surface area contributed by atoms with Gasteiger partial charge in [0.2, 0.25) is 0 Å². The van der Waals surface area contributed by atoms with Crippen molar-refractivity contribution in [3.8, 4) is 0 Å². The maximum absolute atomic E-state index is 11.7. The van der Waals surface area contributed by atoms with E-state index >= 15 is 0 Å². The number of rotatable bonds is 9. The molecule has 1 atom stereocenters. The Morgan fingerprint density at radius 1 is 1.42 bits per heavy atom. The summed E-state index contributed by atoms with van der Waals surface area (Å²) in [7, 11) is 0. The summed E-state index contributed by atoms with van der Waals surface area (Å²) in [5, 5.41) is 3.43. The van der Waals surface area contributed by atoms with Gasteiger partial charge in [-0.3, -0.25) is 4.79 Å². The van der Waals surface area contributed by atoms with E-state index in [0.717, 1.165) is 31.5 Å². The number of nitrogens with one attached hydrogen (secondary N) is 1. The van der Waals surface area contributed by atoms with Gasteiger partial charge < -0.3 is 14.6 Å². The molecular weight excluding hydrogens is 240 g/mol. The third kappa shape index (κ3) is 5.47. The molecule has 4 nitrogen and oxygen atoms in total. The third-order valence-corrected chi connectivity index (χ3v) is 3.07. The van der Waals surface area contributed by atoms with Gasteiger partial charge in [-0.1, -0.05) is 20.3 Å². The first-order valence-corrected chi connectivity index (χ1v) is 7.23. The Bertz CT molecular complexity index is 374. The van der Waals surface area contributed by atoms with Crippen LogP contribution in [-0.2, 0) is 16.1 Å². The van der Waals surface area contributed by atoms with Crippen LogP contribution in [0.2, 0.25) is 0 Å². The minimum Gasteiger partial charge on any atom is -0.464 e. The van der Waals surface area contributed by atoms with E-state index in [1.165, 1.54) is 0 Å². The second-order valence-corrected chi connectivity index (χ2v) is 4.81. The quantitative estimate of drug-likeness (QED) is 0.552. The van der Waals surface area contributed by atoms with Crippen LogP contribution in [0.15, 0.2) is 18.3 Å². The summed E-state index contributed by atoms with van der Waals surface area (Å²) in [6.45, 7) is 8.14. The van der Waals surface area contributed by atoms with Crippen molar-refractivity contribution in [1.29, 1.82) is 0 Å². The van der Waals surface area contributed by atoms with Gasteiger partial charge in [0.05, 0.1) is 6.61 Å². The van der Waals surface area contributed by atoms with E-state index in [0.29, 0.717) is 13.2 Å². The number of esters is 1. The fourth-order valence-electron chi connectivity index (χ4n) is 1.94. The van der Waals surface area contributed by atoms with E-state index in [1.54, 1.807) is 0 Å². The second-order valence-electron chi connectivity index (χ2n) is 4.81. The molecule has 19 heavy (non-hydrogen) atoms. The number of hydrogen-bond donors (Lipinski definition) is 1. The molecule has 0 saturated carbocycles. The molecule has 1 heterocycles. The molecular formula is C15H26N2O2. The van der Waals surface area contributed by atoms with E-state index in [-0.39, 0.29) is 12.0 Å². The first-order valence-electron chi connectivity index (χ1n) is 7.23. The van der Waals surface area contributed by atoms with E-state index in [4.69, 9.17) is 4.74 Å². The van der Waals surface area contributed by atoms with Crippen LogP contribution in [0.3, 0.4) is 0 Å². The van der Waals surface area contributed by atoms with Gasteiger partial charge in [0.1, 0.15) is 6.54 Å². The van der Waals surface area contributed by atoms with Gasteiger partial charge in [-0.25, -0.2) is 0 Å². The topological polar surface area (TPSA) is 43.3 Å². The number of aromatic nitrogens is 1. The van der Waals surface area contributed by atoms with Crippen molar-refractivity contribution >= 4 is 5.97 Å². The summed E-state index contributed by atoms with van der Waals surface area (Å²) < 4.78 is 7.15. The Morgan fingerprint density at radius 3 is 2.89 bits per heavy atom. The van der Waals surface area contributed by atoms with Gasteiger partial charge in [-0.05, 0) is 38.4 Å². The molecule has 0 aliphatic heterocycles. The lowest BCUT2D eigenvalue weighted by Crippen LogP contribution is -2.23. The van der Waals surface area contributed by atoms with Crippen molar-refractivity contribution in [2.75, 3.05) is 13.2 Å². The number of carbonyl (C=O) groups is 1. The Morgan fingerprint density at radius 2 is 2.21 bits per heavy atom. The van der Waals surface area contributed by atoms with Gasteiger partial charge in [0.15, 0.2) is 0 Å². The molecule has 0 amide bonds. The van der Waals surface area contributed by atoms with Crippen molar-refractivity contribution in [2.24, 2.45) is 0 Å². The molecule has 1 aromatic heterocycles. The lowest BCUT2D eigenvalue weighted by Gasteiger charge is -2.16. The standard InChI is InChI=1S/C15H26N2O2/c1-4-6-11-19-15(18)12-17-10-7-8-14(17)13(3)16-9-5-2/h7-8,10,13,16H,4-6,9,11-12H2,1-3H3. The zero-order chi connectivity index (χ0) is 14.1. The minimum atomic E-state index is -0.159. The van der Waals surface area contributed by atoms with E-state index in [2.05, 4.69) is 26.1 Å². The van der Waals surface area contributed by atoms with Gasteiger partial charge in [0.25, 0.3) is 0 Å². The highest BCUT2D eigenvalue weighted by Crippen LogP contribution is 2.13. The Balaban J connectivity index is 2.49. The SMILES string of the molecule is CCCCOC(=O)Cn1cccc1C(C)NCCC. The van der Waals surface area contributed by atoms with Crippen LogP contribution in [0.5, 0.6) is 0 Å². The molecule has 0 bridgehead atoms. The molecule has 4 heteroatoms. The van der Waals surface area contributed by atoms with E-state index < -0.39 is 0 Å². The van der Waals surface area contributed by atoms with Crippen LogP contribution in [0, 0.1) is 0 Å². The summed E-state index contributed by atoms with van der Waals surface area (Å²) in [4.78, 5) is 11.7. The zero-order valence-corrected chi connectivity index (χ0v) is 12.3. The average Bonchev–Trinajstić information content (AvgIpc) is 2.84. The van der Waals surface area contributed by atoms with Crippen LogP contribution in [0.4, 0.5) is 0 Å². The number of carbonyl (C=O) groups excluding carboxylic acids is 1. The van der Waals surface area contributed by atoms with Gasteiger partial charge in [-0.2, -0.15) is 0 Å². The fourth-order valence-corrected chi connectivity index (χ4v) is 1.94. The highest BCUT2D eigenvalue weighted by atomic mass is 16.5. The molecule has 108 valence electrons. The zero-order valence-electron chi connectivity index (χ0n) is 12.3. The fraction of sp³-hybridized carbons (Fsp3) is 0.667. The van der Waals surface area contributed by atoms with Crippen molar-refractivity contribution in [2.45, 2.75) is 52.6 Å². The lowest BCUT2D eigenvalue weighted by molar-refractivity contribution is -0.144. The predicted molar refractivity (Wildman–Crippen MR) is 77.0 cm³/mol. The monoisotopic (exact) mass is 266 g/mol. The number of ether oxygens (including phenoxy) is 1. The Labute approximate surface area is 116 Å². The van der Waals surface area contributed by atoms with Gasteiger partial charge in [-0.15, -0.1) is 0 Å². The van der Waals surface area contributed by atoms with Crippen LogP contribution >= 0.6 is 0 Å². The highest BCUT2D eigenvalue weighted by molar-refractivity contribution is 5.69. The molecule has 1 rings (SSSR count). The van der Waals surface area contributed by atoms with Crippen LogP contribution in [0.1, 0.15) is 51.8 Å². The number of hydrogen-bond acceptors (Lipinski definition) is 3. The van der Waals surface area contributed by atoms with Crippen molar-refractivity contribution in [3.63, 3.8) is 0 Å². The molecule has 1 unspecified atom stereocenters. The predicted octanol–water partition coefficient (Wildman–Crippen LogP) is 2.89. The van der Waals surface area contributed by atoms with Crippen molar-refractivity contribution < 1.29 is 9.53 Å². The Kier molecular flexibility index (Phi) is 7.26. The van der Waals surface area contributed by atoms with E-state index in [1.807, 2.05) is 22.9 Å². The van der Waals surface area contributed by atoms with Crippen LogP contribution in [0.25, 0.3) is 0 Å². The normalized spacial score (nSPS) is 12.4. The third-order valence-electron chi connectivity index (χ3n) is 3.07. The lowest BCUT2D eigenvalue weighted by atomic mass is 10.2. The van der Waals surface area contributed by atoms with Gasteiger partial charge in [0, 0.05) is 17.9 Å². The molecule has 0 spiro atoms. The minimum absolute atomic E-state index is 0.159. The summed E-state index contributed by atoms with van der Waals surface area (Å²) in [5.41, 5.74) is 1.13. The van der Waals surface area contributed by atoms with E-state index in [9.17, 15) is 4.79 Å². The second kappa shape index (κ2) is 8.75. The smallest absolute Gasteiger partial charge is 0.325 e. The summed E-state index contributed by atoms with van der Waals surface area (Å²) >= 11 is 0. The largest absolute Gasteiger partial charge is 0.464 e. The summed E-state index contributed by atoms with van der Waals surface area (Å²) in [6, 6.07) is 4.27. The molecule has 0 radical (unpaired) electrons. The molecule has 1 N–H and O–H groups in total.